The number of phenols is 1. The number of aromatic hydroxyl groups is 1. The number of hydrogen-bond donors (Lipinski definition) is 2. The lowest BCUT2D eigenvalue weighted by Gasteiger charge is -2.15. The summed E-state index contributed by atoms with van der Waals surface area (Å²) >= 11 is 0. The van der Waals surface area contributed by atoms with Crippen molar-refractivity contribution in [1.82, 2.24) is 0 Å². The number of aliphatic hydroxyl groups is 1. The van der Waals surface area contributed by atoms with Gasteiger partial charge in [0.25, 0.3) is 0 Å². The number of aliphatic hydroxyl groups excluding tert-OH is 1. The molecule has 2 nitrogen and oxygen atoms in total. The smallest absolute Gasteiger partial charge is 0.116 e. The van der Waals surface area contributed by atoms with Gasteiger partial charge in [0.05, 0.1) is 6.61 Å². The predicted octanol–water partition coefficient (Wildman–Crippen LogP) is 4.65. The fourth-order valence-electron chi connectivity index (χ4n) is 3.46. The maximum atomic E-state index is 9.99. The first-order valence-corrected chi connectivity index (χ1v) is 7.37. The lowest BCUT2D eigenvalue weighted by atomic mass is 9.89. The Kier molecular flexibility index (Phi) is 2.81. The third kappa shape index (κ3) is 1.71. The zero-order valence-corrected chi connectivity index (χ0v) is 12.3. The van der Waals surface area contributed by atoms with Gasteiger partial charge in [-0.25, -0.2) is 0 Å². The van der Waals surface area contributed by atoms with Crippen LogP contribution in [0.4, 0.5) is 0 Å². The van der Waals surface area contributed by atoms with Gasteiger partial charge in [-0.1, -0.05) is 42.5 Å². The summed E-state index contributed by atoms with van der Waals surface area (Å²) in [5.74, 6) is 0.250. The summed E-state index contributed by atoms with van der Waals surface area (Å²) in [7, 11) is 0. The molecule has 4 aromatic rings. The molecule has 0 saturated carbocycles. The molecule has 108 valence electrons. The summed E-state index contributed by atoms with van der Waals surface area (Å²) in [6.07, 6.45) is 0. The molecule has 0 unspecified atom stereocenters. The monoisotopic (exact) mass is 288 g/mol. The second-order valence-corrected chi connectivity index (χ2v) is 5.70. The molecule has 22 heavy (non-hydrogen) atoms. The molecule has 4 aromatic carbocycles. The van der Waals surface area contributed by atoms with Crippen molar-refractivity contribution < 1.29 is 10.2 Å². The highest BCUT2D eigenvalue weighted by Gasteiger charge is 2.13. The molecule has 0 aliphatic carbocycles. The van der Waals surface area contributed by atoms with Gasteiger partial charge >= 0.3 is 0 Å². The summed E-state index contributed by atoms with van der Waals surface area (Å²) < 4.78 is 0. The molecule has 4 rings (SSSR count). The van der Waals surface area contributed by atoms with Crippen LogP contribution in [0.5, 0.6) is 5.75 Å². The van der Waals surface area contributed by atoms with Gasteiger partial charge in [-0.2, -0.15) is 0 Å². The summed E-state index contributed by atoms with van der Waals surface area (Å²) in [6.45, 7) is 2.05. The van der Waals surface area contributed by atoms with Gasteiger partial charge in [-0.15, -0.1) is 0 Å². The fraction of sp³-hybridized carbons (Fsp3) is 0.100. The van der Waals surface area contributed by atoms with Crippen LogP contribution in [0.3, 0.4) is 0 Å². The van der Waals surface area contributed by atoms with Crippen molar-refractivity contribution in [2.75, 3.05) is 0 Å². The molecule has 0 radical (unpaired) electrons. The Labute approximate surface area is 128 Å². The van der Waals surface area contributed by atoms with Gasteiger partial charge in [0.1, 0.15) is 5.75 Å². The first-order chi connectivity index (χ1) is 10.7. The van der Waals surface area contributed by atoms with Gasteiger partial charge in [-0.3, -0.25) is 0 Å². The molecule has 0 atom stereocenters. The van der Waals surface area contributed by atoms with Crippen LogP contribution in [0.15, 0.2) is 54.6 Å². The lowest BCUT2D eigenvalue weighted by Crippen LogP contribution is -1.94. The van der Waals surface area contributed by atoms with Crippen molar-refractivity contribution in [3.8, 4) is 5.75 Å². The van der Waals surface area contributed by atoms with Crippen LogP contribution in [0, 0.1) is 6.92 Å². The number of fused-ring (bicyclic) bond motifs is 4. The van der Waals surface area contributed by atoms with E-state index in [-0.39, 0.29) is 12.4 Å². The average Bonchev–Trinajstić information content (AvgIpc) is 2.55. The summed E-state index contributed by atoms with van der Waals surface area (Å²) in [5.41, 5.74) is 2.05. The van der Waals surface area contributed by atoms with E-state index < -0.39 is 0 Å². The van der Waals surface area contributed by atoms with Crippen molar-refractivity contribution in [2.45, 2.75) is 13.5 Å². The minimum Gasteiger partial charge on any atom is -0.508 e. The minimum absolute atomic E-state index is 0.0218. The van der Waals surface area contributed by atoms with Crippen LogP contribution in [0.1, 0.15) is 11.1 Å². The van der Waals surface area contributed by atoms with Gasteiger partial charge < -0.3 is 10.2 Å². The molecule has 0 amide bonds. The Hall–Kier alpha value is -2.58. The predicted molar refractivity (Wildman–Crippen MR) is 91.3 cm³/mol. The highest BCUT2D eigenvalue weighted by atomic mass is 16.3. The van der Waals surface area contributed by atoms with Crippen LogP contribution in [0.2, 0.25) is 0 Å². The van der Waals surface area contributed by atoms with Crippen LogP contribution in [-0.2, 0) is 6.61 Å². The quantitative estimate of drug-likeness (QED) is 0.395. The maximum Gasteiger partial charge on any atom is 0.116 e. The maximum absolute atomic E-state index is 9.99. The zero-order valence-electron chi connectivity index (χ0n) is 12.3. The Morgan fingerprint density at radius 3 is 2.41 bits per heavy atom. The van der Waals surface area contributed by atoms with Gasteiger partial charge in [0.15, 0.2) is 0 Å². The van der Waals surface area contributed by atoms with E-state index in [0.717, 1.165) is 38.1 Å². The highest BCUT2D eigenvalue weighted by molar-refractivity contribution is 6.16. The molecule has 0 aliphatic heterocycles. The van der Waals surface area contributed by atoms with Crippen molar-refractivity contribution in [1.29, 1.82) is 0 Å². The normalized spacial score (nSPS) is 11.5. The fourth-order valence-corrected chi connectivity index (χ4v) is 3.46. The van der Waals surface area contributed by atoms with E-state index in [1.165, 1.54) is 5.39 Å². The van der Waals surface area contributed by atoms with E-state index in [2.05, 4.69) is 31.2 Å². The summed E-state index contributed by atoms with van der Waals surface area (Å²) in [6, 6.07) is 17.8. The largest absolute Gasteiger partial charge is 0.508 e. The summed E-state index contributed by atoms with van der Waals surface area (Å²) in [4.78, 5) is 0. The van der Waals surface area contributed by atoms with Crippen LogP contribution < -0.4 is 0 Å². The Morgan fingerprint density at radius 1 is 0.818 bits per heavy atom. The zero-order chi connectivity index (χ0) is 15.3. The Morgan fingerprint density at radius 2 is 1.59 bits per heavy atom. The molecular weight excluding hydrogens is 272 g/mol. The van der Waals surface area contributed by atoms with Crippen LogP contribution >= 0.6 is 0 Å². The molecule has 2 heteroatoms. The Balaban J connectivity index is 2.35. The SMILES string of the molecule is Cc1c2cc(O)ccc2c(CO)c2c1ccc1ccccc12. The minimum atomic E-state index is -0.0218. The van der Waals surface area contributed by atoms with E-state index in [4.69, 9.17) is 0 Å². The van der Waals surface area contributed by atoms with Gasteiger partial charge in [0.2, 0.25) is 0 Å². The first kappa shape index (κ1) is 13.1. The molecule has 0 spiro atoms. The second kappa shape index (κ2) is 4.72. The van der Waals surface area contributed by atoms with Gasteiger partial charge in [0, 0.05) is 0 Å². The Bertz CT molecular complexity index is 1030. The number of phenolic OH excluding ortho intramolecular Hbond substituents is 1. The van der Waals surface area contributed by atoms with E-state index in [0.29, 0.717) is 0 Å². The van der Waals surface area contributed by atoms with Crippen LogP contribution in [0.25, 0.3) is 32.3 Å². The van der Waals surface area contributed by atoms with Crippen molar-refractivity contribution in [3.63, 3.8) is 0 Å². The molecule has 2 N–H and O–H groups in total. The van der Waals surface area contributed by atoms with Crippen molar-refractivity contribution in [2.24, 2.45) is 0 Å². The van der Waals surface area contributed by atoms with E-state index >= 15 is 0 Å². The topological polar surface area (TPSA) is 40.5 Å². The van der Waals surface area contributed by atoms with E-state index in [1.807, 2.05) is 18.2 Å². The molecule has 0 bridgehead atoms. The number of rotatable bonds is 1. The van der Waals surface area contributed by atoms with Crippen molar-refractivity contribution in [3.05, 3.63) is 65.7 Å². The highest BCUT2D eigenvalue weighted by Crippen LogP contribution is 2.37. The average molecular weight is 288 g/mol. The lowest BCUT2D eigenvalue weighted by molar-refractivity contribution is 0.285. The summed E-state index contributed by atoms with van der Waals surface area (Å²) in [5, 5.41) is 26.3. The second-order valence-electron chi connectivity index (χ2n) is 5.70. The number of benzene rings is 4. The first-order valence-electron chi connectivity index (χ1n) is 7.37. The molecule has 0 aliphatic rings. The molecule has 0 fully saturated rings. The van der Waals surface area contributed by atoms with E-state index in [9.17, 15) is 10.2 Å². The number of hydrogen-bond acceptors (Lipinski definition) is 2. The van der Waals surface area contributed by atoms with Crippen LogP contribution in [-0.4, -0.2) is 10.2 Å². The molecule has 0 heterocycles. The third-order valence-corrected chi connectivity index (χ3v) is 4.53. The molecule has 0 aromatic heterocycles. The molecule has 0 saturated heterocycles. The molecular formula is C20H16O2. The standard InChI is InChI=1S/C20H16O2/c1-12-15-8-6-13-4-2-3-5-16(13)20(15)19(11-21)17-9-7-14(22)10-18(12)17/h2-10,21-22H,11H2,1H3. The third-order valence-electron chi connectivity index (χ3n) is 4.53. The van der Waals surface area contributed by atoms with E-state index in [1.54, 1.807) is 12.1 Å². The number of aryl methyl sites for hydroxylation is 1. The van der Waals surface area contributed by atoms with Crippen molar-refractivity contribution >= 4 is 32.3 Å². The van der Waals surface area contributed by atoms with Gasteiger partial charge in [-0.05, 0) is 62.5 Å².